The Bertz CT molecular complexity index is 1200. The summed E-state index contributed by atoms with van der Waals surface area (Å²) in [5, 5.41) is 10.2. The molecule has 2 N–H and O–H groups in total. The summed E-state index contributed by atoms with van der Waals surface area (Å²) in [6.45, 7) is 6.99. The number of anilines is 2. The molecule has 3 aromatic rings. The summed E-state index contributed by atoms with van der Waals surface area (Å²) >= 11 is 6.13. The smallest absolute Gasteiger partial charge is 0.291 e. The second-order valence-electron chi connectivity index (χ2n) is 7.85. The van der Waals surface area contributed by atoms with Gasteiger partial charge in [-0.05, 0) is 32.0 Å². The van der Waals surface area contributed by atoms with Crippen LogP contribution in [0.1, 0.15) is 32.4 Å². The summed E-state index contributed by atoms with van der Waals surface area (Å²) in [5.74, 6) is -1.09. The van der Waals surface area contributed by atoms with E-state index in [1.165, 1.54) is 6.07 Å². The van der Waals surface area contributed by atoms with Crippen molar-refractivity contribution in [1.29, 1.82) is 0 Å². The summed E-state index contributed by atoms with van der Waals surface area (Å²) < 4.78 is 1.08. The van der Waals surface area contributed by atoms with E-state index in [1.807, 2.05) is 31.2 Å². The summed E-state index contributed by atoms with van der Waals surface area (Å²) in [4.78, 5) is 38.3. The summed E-state index contributed by atoms with van der Waals surface area (Å²) in [6.07, 6.45) is 0. The van der Waals surface area contributed by atoms with Crippen LogP contribution in [0.2, 0.25) is 5.02 Å². The molecule has 0 saturated carbocycles. The first kappa shape index (κ1) is 23.2. The molecule has 166 valence electrons. The van der Waals surface area contributed by atoms with Crippen LogP contribution in [0.4, 0.5) is 11.4 Å². The number of carbonyl (C=O) groups excluding carboxylic acids is 2. The minimum Gasteiger partial charge on any atom is -0.323 e. The topological polar surface area (TPSA) is 93.1 Å². The first-order valence-corrected chi connectivity index (χ1v) is 10.6. The monoisotopic (exact) mass is 452 g/mol. The lowest BCUT2D eigenvalue weighted by atomic mass is 10.1. The van der Waals surface area contributed by atoms with Gasteiger partial charge in [0.2, 0.25) is 11.8 Å². The second-order valence-corrected chi connectivity index (χ2v) is 8.26. The Morgan fingerprint density at radius 1 is 0.938 bits per heavy atom. The number of benzene rings is 2. The standard InChI is InChI=1S/C24H25ClN4O3/c1-14(2)22(30)27-21-13-20(17-11-9-15(3)10-12-17)28-29(24(21)32)16(4)23(31)26-19-8-6-5-7-18(19)25/h5-14,16H,1-4H3,(H,26,31)(H,27,30). The van der Waals surface area contributed by atoms with Crippen LogP contribution in [0.25, 0.3) is 11.3 Å². The van der Waals surface area contributed by atoms with Crippen molar-refractivity contribution < 1.29 is 9.59 Å². The highest BCUT2D eigenvalue weighted by Crippen LogP contribution is 2.23. The Morgan fingerprint density at radius 2 is 1.56 bits per heavy atom. The zero-order chi connectivity index (χ0) is 23.4. The van der Waals surface area contributed by atoms with Crippen molar-refractivity contribution in [2.24, 2.45) is 5.92 Å². The van der Waals surface area contributed by atoms with Crippen LogP contribution < -0.4 is 16.2 Å². The highest BCUT2D eigenvalue weighted by Gasteiger charge is 2.22. The predicted octanol–water partition coefficient (Wildman–Crippen LogP) is 4.67. The Kier molecular flexibility index (Phi) is 7.10. The number of nitrogens with one attached hydrogen (secondary N) is 2. The fourth-order valence-electron chi connectivity index (χ4n) is 2.92. The third kappa shape index (κ3) is 5.23. The van der Waals surface area contributed by atoms with Gasteiger partial charge < -0.3 is 10.6 Å². The fraction of sp³-hybridized carbons (Fsp3) is 0.250. The highest BCUT2D eigenvalue weighted by atomic mass is 35.5. The molecule has 0 aliphatic rings. The molecule has 8 heteroatoms. The predicted molar refractivity (Wildman–Crippen MR) is 127 cm³/mol. The van der Waals surface area contributed by atoms with Crippen molar-refractivity contribution in [3.05, 3.63) is 75.5 Å². The number of carbonyl (C=O) groups is 2. The number of hydrogen-bond donors (Lipinski definition) is 2. The number of nitrogens with zero attached hydrogens (tertiary/aromatic N) is 2. The van der Waals surface area contributed by atoms with E-state index >= 15 is 0 Å². The van der Waals surface area contributed by atoms with Gasteiger partial charge in [-0.3, -0.25) is 14.4 Å². The lowest BCUT2D eigenvalue weighted by Crippen LogP contribution is -2.36. The van der Waals surface area contributed by atoms with Crippen molar-refractivity contribution in [1.82, 2.24) is 9.78 Å². The molecule has 3 rings (SSSR count). The average Bonchev–Trinajstić information content (AvgIpc) is 2.76. The van der Waals surface area contributed by atoms with Crippen LogP contribution >= 0.6 is 11.6 Å². The van der Waals surface area contributed by atoms with Gasteiger partial charge in [-0.2, -0.15) is 5.10 Å². The molecule has 7 nitrogen and oxygen atoms in total. The lowest BCUT2D eigenvalue weighted by Gasteiger charge is -2.18. The average molecular weight is 453 g/mol. The number of halogens is 1. The molecule has 0 aliphatic carbocycles. The lowest BCUT2D eigenvalue weighted by molar-refractivity contribution is -0.119. The van der Waals surface area contributed by atoms with E-state index in [0.29, 0.717) is 16.4 Å². The molecule has 2 aromatic carbocycles. The van der Waals surface area contributed by atoms with Crippen molar-refractivity contribution in [2.75, 3.05) is 10.6 Å². The van der Waals surface area contributed by atoms with Crippen LogP contribution in [-0.2, 0) is 9.59 Å². The Balaban J connectivity index is 2.04. The van der Waals surface area contributed by atoms with Crippen molar-refractivity contribution in [3.8, 4) is 11.3 Å². The van der Waals surface area contributed by atoms with E-state index in [1.54, 1.807) is 45.0 Å². The summed E-state index contributed by atoms with van der Waals surface area (Å²) in [7, 11) is 0. The van der Waals surface area contributed by atoms with Crippen molar-refractivity contribution >= 4 is 34.8 Å². The van der Waals surface area contributed by atoms with E-state index in [2.05, 4.69) is 15.7 Å². The molecule has 0 spiro atoms. The molecule has 0 aliphatic heterocycles. The van der Waals surface area contributed by atoms with Gasteiger partial charge in [-0.1, -0.05) is 67.4 Å². The molecule has 1 atom stereocenters. The second kappa shape index (κ2) is 9.78. The zero-order valence-corrected chi connectivity index (χ0v) is 19.1. The number of aromatic nitrogens is 2. The van der Waals surface area contributed by atoms with Crippen molar-refractivity contribution in [3.63, 3.8) is 0 Å². The number of hydrogen-bond acceptors (Lipinski definition) is 4. The van der Waals surface area contributed by atoms with Crippen LogP contribution in [0.3, 0.4) is 0 Å². The van der Waals surface area contributed by atoms with Crippen LogP contribution in [0, 0.1) is 12.8 Å². The third-order valence-corrected chi connectivity index (χ3v) is 5.27. The highest BCUT2D eigenvalue weighted by molar-refractivity contribution is 6.33. The van der Waals surface area contributed by atoms with Gasteiger partial charge in [0.1, 0.15) is 11.7 Å². The largest absolute Gasteiger partial charge is 0.323 e. The molecule has 0 fully saturated rings. The van der Waals surface area contributed by atoms with Gasteiger partial charge in [0, 0.05) is 11.5 Å². The van der Waals surface area contributed by atoms with E-state index in [-0.39, 0.29) is 17.5 Å². The summed E-state index contributed by atoms with van der Waals surface area (Å²) in [5.41, 5.74) is 2.21. The fourth-order valence-corrected chi connectivity index (χ4v) is 3.10. The molecule has 0 saturated heterocycles. The molecule has 1 aromatic heterocycles. The normalized spacial score (nSPS) is 11.8. The molecule has 2 amide bonds. The number of rotatable bonds is 6. The Labute approximate surface area is 191 Å². The number of aryl methyl sites for hydroxylation is 1. The van der Waals surface area contributed by atoms with Gasteiger partial charge in [-0.25, -0.2) is 4.68 Å². The maximum absolute atomic E-state index is 13.1. The molecule has 1 unspecified atom stereocenters. The Morgan fingerprint density at radius 3 is 2.19 bits per heavy atom. The number of amides is 2. The van der Waals surface area contributed by atoms with Gasteiger partial charge >= 0.3 is 0 Å². The number of para-hydroxylation sites is 1. The minimum atomic E-state index is -0.959. The third-order valence-electron chi connectivity index (χ3n) is 4.94. The van der Waals surface area contributed by atoms with Gasteiger partial charge in [0.15, 0.2) is 0 Å². The quantitative estimate of drug-likeness (QED) is 0.568. The van der Waals surface area contributed by atoms with Gasteiger partial charge in [0.25, 0.3) is 5.56 Å². The maximum atomic E-state index is 13.1. The van der Waals surface area contributed by atoms with Crippen LogP contribution in [0.5, 0.6) is 0 Å². The van der Waals surface area contributed by atoms with Crippen LogP contribution in [0.15, 0.2) is 59.4 Å². The molecule has 1 heterocycles. The first-order valence-electron chi connectivity index (χ1n) is 10.2. The summed E-state index contributed by atoms with van der Waals surface area (Å²) in [6, 6.07) is 15.0. The maximum Gasteiger partial charge on any atom is 0.291 e. The molecular weight excluding hydrogens is 428 g/mol. The van der Waals surface area contributed by atoms with E-state index in [9.17, 15) is 14.4 Å². The Hall–Kier alpha value is -3.45. The SMILES string of the molecule is Cc1ccc(-c2cc(NC(=O)C(C)C)c(=O)n(C(C)C(=O)Nc3ccccc3Cl)n2)cc1. The van der Waals surface area contributed by atoms with Crippen LogP contribution in [-0.4, -0.2) is 21.6 Å². The first-order chi connectivity index (χ1) is 15.2. The molecule has 0 bridgehead atoms. The van der Waals surface area contributed by atoms with Crippen molar-refractivity contribution in [2.45, 2.75) is 33.7 Å². The minimum absolute atomic E-state index is 0.0617. The molecule has 0 radical (unpaired) electrons. The van der Waals surface area contributed by atoms with Gasteiger partial charge in [-0.15, -0.1) is 0 Å². The molecular formula is C24H25ClN4O3. The van der Waals surface area contributed by atoms with E-state index < -0.39 is 17.5 Å². The zero-order valence-electron chi connectivity index (χ0n) is 18.3. The van der Waals surface area contributed by atoms with E-state index in [0.717, 1.165) is 15.8 Å². The van der Waals surface area contributed by atoms with E-state index in [4.69, 9.17) is 11.6 Å². The van der Waals surface area contributed by atoms with Gasteiger partial charge in [0.05, 0.1) is 16.4 Å². The molecule has 32 heavy (non-hydrogen) atoms.